The average Bonchev–Trinajstić information content (AvgIpc) is 3.12. The van der Waals surface area contributed by atoms with Crippen molar-refractivity contribution in [2.75, 3.05) is 11.1 Å². The summed E-state index contributed by atoms with van der Waals surface area (Å²) >= 11 is 1.35. The minimum absolute atomic E-state index is 0.151. The van der Waals surface area contributed by atoms with E-state index in [1.54, 1.807) is 0 Å². The normalized spacial score (nSPS) is 10.7. The zero-order valence-corrected chi connectivity index (χ0v) is 13.6. The third kappa shape index (κ3) is 3.62. The van der Waals surface area contributed by atoms with E-state index in [9.17, 15) is 4.79 Å². The number of nitrogens with zero attached hydrogens (tertiary/aromatic N) is 2. The first-order valence-corrected chi connectivity index (χ1v) is 8.07. The van der Waals surface area contributed by atoms with Crippen molar-refractivity contribution in [3.63, 3.8) is 0 Å². The second-order valence-corrected chi connectivity index (χ2v) is 6.03. The van der Waals surface area contributed by atoms with Crippen molar-refractivity contribution < 1.29 is 9.32 Å². The lowest BCUT2D eigenvalue weighted by atomic mass is 10.1. The third-order valence-corrected chi connectivity index (χ3v) is 4.13. The van der Waals surface area contributed by atoms with E-state index in [2.05, 4.69) is 20.4 Å². The number of thioether (sulfide) groups is 1. The zero-order chi connectivity index (χ0) is 16.2. The number of hydrogen-bond donors (Lipinski definition) is 2. The van der Waals surface area contributed by atoms with E-state index < -0.39 is 0 Å². The van der Waals surface area contributed by atoms with Crippen molar-refractivity contribution in [3.8, 4) is 11.3 Å². The fraction of sp³-hybridized carbons (Fsp3) is 0.188. The molecule has 1 aromatic carbocycles. The Kier molecular flexibility index (Phi) is 4.47. The van der Waals surface area contributed by atoms with Crippen LogP contribution in [-0.4, -0.2) is 26.8 Å². The summed E-state index contributed by atoms with van der Waals surface area (Å²) in [5.41, 5.74) is 3.73. The maximum atomic E-state index is 11.9. The molecule has 0 aliphatic rings. The minimum atomic E-state index is -0.151. The van der Waals surface area contributed by atoms with Crippen LogP contribution in [0.25, 0.3) is 11.3 Å². The summed E-state index contributed by atoms with van der Waals surface area (Å²) in [4.78, 5) is 19.7. The molecule has 3 rings (SSSR count). The van der Waals surface area contributed by atoms with Gasteiger partial charge >= 0.3 is 0 Å². The van der Waals surface area contributed by atoms with Crippen LogP contribution in [0.4, 0.5) is 5.82 Å². The van der Waals surface area contributed by atoms with Crippen molar-refractivity contribution in [1.29, 1.82) is 0 Å². The van der Waals surface area contributed by atoms with Gasteiger partial charge in [0.2, 0.25) is 5.91 Å². The lowest BCUT2D eigenvalue weighted by molar-refractivity contribution is -0.113. The molecule has 0 bridgehead atoms. The van der Waals surface area contributed by atoms with Crippen LogP contribution in [0.2, 0.25) is 0 Å². The van der Waals surface area contributed by atoms with E-state index in [-0.39, 0.29) is 11.7 Å². The molecule has 118 valence electrons. The number of aromatic nitrogens is 3. The second kappa shape index (κ2) is 6.70. The molecule has 6 nitrogen and oxygen atoms in total. The van der Waals surface area contributed by atoms with Gasteiger partial charge in [-0.2, -0.15) is 0 Å². The molecule has 0 aliphatic heterocycles. The van der Waals surface area contributed by atoms with Crippen molar-refractivity contribution in [2.24, 2.45) is 0 Å². The maximum Gasteiger partial charge on any atom is 0.236 e. The molecule has 7 heteroatoms. The van der Waals surface area contributed by atoms with Gasteiger partial charge in [0.1, 0.15) is 6.26 Å². The molecular weight excluding hydrogens is 312 g/mol. The Hall–Kier alpha value is -2.54. The molecule has 2 aromatic heterocycles. The van der Waals surface area contributed by atoms with E-state index in [1.807, 2.05) is 44.2 Å². The predicted molar refractivity (Wildman–Crippen MR) is 89.4 cm³/mol. The van der Waals surface area contributed by atoms with Gasteiger partial charge < -0.3 is 14.8 Å². The van der Waals surface area contributed by atoms with Gasteiger partial charge in [0.25, 0.3) is 0 Å². The number of benzene rings is 1. The van der Waals surface area contributed by atoms with Gasteiger partial charge in [0, 0.05) is 16.8 Å². The first kappa shape index (κ1) is 15.4. The van der Waals surface area contributed by atoms with E-state index in [0.29, 0.717) is 11.0 Å². The van der Waals surface area contributed by atoms with Gasteiger partial charge in [-0.1, -0.05) is 47.3 Å². The Balaban J connectivity index is 1.63. The number of amides is 1. The van der Waals surface area contributed by atoms with Crippen LogP contribution in [0, 0.1) is 13.8 Å². The highest BCUT2D eigenvalue weighted by molar-refractivity contribution is 7.99. The summed E-state index contributed by atoms with van der Waals surface area (Å²) in [6, 6.07) is 9.95. The van der Waals surface area contributed by atoms with E-state index in [1.165, 1.54) is 18.0 Å². The summed E-state index contributed by atoms with van der Waals surface area (Å²) in [7, 11) is 0. The van der Waals surface area contributed by atoms with Gasteiger partial charge in [0.05, 0.1) is 11.4 Å². The topological polar surface area (TPSA) is 83.8 Å². The molecule has 0 aliphatic carbocycles. The number of imidazole rings is 1. The molecule has 0 atom stereocenters. The van der Waals surface area contributed by atoms with Gasteiger partial charge in [0.15, 0.2) is 11.0 Å². The van der Waals surface area contributed by atoms with E-state index in [0.717, 1.165) is 22.5 Å². The maximum absolute atomic E-state index is 11.9. The van der Waals surface area contributed by atoms with Crippen LogP contribution in [0.1, 0.15) is 11.3 Å². The first-order chi connectivity index (χ1) is 11.1. The Morgan fingerprint density at radius 1 is 1.30 bits per heavy atom. The summed E-state index contributed by atoms with van der Waals surface area (Å²) < 4.78 is 4.79. The van der Waals surface area contributed by atoms with Crippen molar-refractivity contribution in [1.82, 2.24) is 15.1 Å². The highest BCUT2D eigenvalue weighted by atomic mass is 32.2. The van der Waals surface area contributed by atoms with Gasteiger partial charge in [-0.15, -0.1) is 0 Å². The van der Waals surface area contributed by atoms with Gasteiger partial charge in [-0.3, -0.25) is 4.79 Å². The molecule has 0 saturated heterocycles. The first-order valence-electron chi connectivity index (χ1n) is 7.09. The molecule has 0 radical (unpaired) electrons. The molecule has 23 heavy (non-hydrogen) atoms. The smallest absolute Gasteiger partial charge is 0.236 e. The Bertz CT molecular complexity index is 811. The zero-order valence-electron chi connectivity index (χ0n) is 12.8. The molecule has 0 spiro atoms. The molecular formula is C16H16N4O2S. The van der Waals surface area contributed by atoms with Crippen LogP contribution in [0.3, 0.4) is 0 Å². The van der Waals surface area contributed by atoms with Crippen LogP contribution in [0.15, 0.2) is 46.3 Å². The Morgan fingerprint density at radius 3 is 2.78 bits per heavy atom. The summed E-state index contributed by atoms with van der Waals surface area (Å²) in [5, 5.41) is 7.15. The number of nitrogens with one attached hydrogen (secondary N) is 2. The van der Waals surface area contributed by atoms with Crippen molar-refractivity contribution in [2.45, 2.75) is 19.0 Å². The third-order valence-electron chi connectivity index (χ3n) is 3.26. The molecule has 1 amide bonds. The van der Waals surface area contributed by atoms with Crippen molar-refractivity contribution >= 4 is 23.5 Å². The summed E-state index contributed by atoms with van der Waals surface area (Å²) in [6.45, 7) is 3.79. The van der Waals surface area contributed by atoms with Crippen LogP contribution in [0.5, 0.6) is 0 Å². The number of carbonyl (C=O) groups excluding carboxylic acids is 1. The molecule has 3 aromatic rings. The highest BCUT2D eigenvalue weighted by Crippen LogP contribution is 2.25. The number of carbonyl (C=O) groups is 1. The summed E-state index contributed by atoms with van der Waals surface area (Å²) in [6.07, 6.45) is 1.49. The minimum Gasteiger partial charge on any atom is -0.362 e. The lowest BCUT2D eigenvalue weighted by Crippen LogP contribution is -2.15. The van der Waals surface area contributed by atoms with Crippen LogP contribution < -0.4 is 5.32 Å². The Morgan fingerprint density at radius 2 is 2.09 bits per heavy atom. The molecule has 2 heterocycles. The monoisotopic (exact) mass is 328 g/mol. The fourth-order valence-corrected chi connectivity index (χ4v) is 2.81. The SMILES string of the molecule is Cc1conc1NC(=O)CSc1nc(-c2ccccc2)c(C)[nH]1. The van der Waals surface area contributed by atoms with Crippen molar-refractivity contribution in [3.05, 3.63) is 47.9 Å². The number of aryl methyl sites for hydroxylation is 2. The largest absolute Gasteiger partial charge is 0.362 e. The molecule has 0 unspecified atom stereocenters. The lowest BCUT2D eigenvalue weighted by Gasteiger charge is -2.00. The second-order valence-electron chi connectivity index (χ2n) is 5.06. The standard InChI is InChI=1S/C16H16N4O2S/c1-10-8-22-20-15(10)18-13(21)9-23-16-17-11(2)14(19-16)12-6-4-3-5-7-12/h3-8H,9H2,1-2H3,(H,17,19)(H,18,20,21). The van der Waals surface area contributed by atoms with E-state index in [4.69, 9.17) is 4.52 Å². The highest BCUT2D eigenvalue weighted by Gasteiger charge is 2.12. The summed E-state index contributed by atoms with van der Waals surface area (Å²) in [5.74, 6) is 0.548. The Labute approximate surface area is 137 Å². The fourth-order valence-electron chi connectivity index (χ4n) is 2.09. The molecule has 2 N–H and O–H groups in total. The number of H-pyrrole nitrogens is 1. The van der Waals surface area contributed by atoms with Gasteiger partial charge in [-0.05, 0) is 13.8 Å². The average molecular weight is 328 g/mol. The van der Waals surface area contributed by atoms with Gasteiger partial charge in [-0.25, -0.2) is 4.98 Å². The number of rotatable bonds is 5. The predicted octanol–water partition coefficient (Wildman–Crippen LogP) is 3.41. The van der Waals surface area contributed by atoms with E-state index >= 15 is 0 Å². The molecule has 0 saturated carbocycles. The number of aromatic amines is 1. The molecule has 0 fully saturated rings. The number of anilines is 1. The quantitative estimate of drug-likeness (QED) is 0.701. The van der Waals surface area contributed by atoms with Crippen LogP contribution in [-0.2, 0) is 4.79 Å². The van der Waals surface area contributed by atoms with Crippen LogP contribution >= 0.6 is 11.8 Å². The number of hydrogen-bond acceptors (Lipinski definition) is 5.